The third-order valence-electron chi connectivity index (χ3n) is 2.73. The van der Waals surface area contributed by atoms with Gasteiger partial charge in [0.1, 0.15) is 0 Å². The van der Waals surface area contributed by atoms with Gasteiger partial charge < -0.3 is 15.0 Å². The highest BCUT2D eigenvalue weighted by molar-refractivity contribution is 7.99. The molecule has 0 atom stereocenters. The van der Waals surface area contributed by atoms with E-state index in [-0.39, 0.29) is 11.5 Å². The predicted octanol–water partition coefficient (Wildman–Crippen LogP) is 2.24. The van der Waals surface area contributed by atoms with Gasteiger partial charge in [-0.2, -0.15) is 0 Å². The number of carboxylic acids is 1. The Morgan fingerprint density at radius 3 is 2.90 bits per heavy atom. The first kappa shape index (κ1) is 15.1. The molecule has 1 aromatic carbocycles. The van der Waals surface area contributed by atoms with Crippen molar-refractivity contribution in [1.82, 2.24) is 9.55 Å². The van der Waals surface area contributed by atoms with Crippen molar-refractivity contribution in [3.63, 3.8) is 0 Å². The number of thioether (sulfide) groups is 1. The molecule has 0 bridgehead atoms. The van der Waals surface area contributed by atoms with Crippen LogP contribution >= 0.6 is 11.8 Å². The first-order valence-corrected chi connectivity index (χ1v) is 7.28. The summed E-state index contributed by atoms with van der Waals surface area (Å²) in [4.78, 5) is 26.8. The van der Waals surface area contributed by atoms with Crippen LogP contribution in [0.4, 0.5) is 5.69 Å². The molecule has 1 aromatic heterocycles. The molecule has 0 fully saturated rings. The maximum absolute atomic E-state index is 11.8. The Labute approximate surface area is 126 Å². The van der Waals surface area contributed by atoms with E-state index in [9.17, 15) is 9.59 Å². The van der Waals surface area contributed by atoms with Gasteiger partial charge in [-0.1, -0.05) is 17.8 Å². The number of carboxylic acid groups (broad SMARTS) is 1. The second-order valence-corrected chi connectivity index (χ2v) is 5.42. The third-order valence-corrected chi connectivity index (χ3v) is 3.79. The maximum Gasteiger partial charge on any atom is 0.335 e. The number of nitrogens with zero attached hydrogens (tertiary/aromatic N) is 2. The van der Waals surface area contributed by atoms with Crippen LogP contribution in [0.15, 0.2) is 41.8 Å². The molecule has 110 valence electrons. The molecule has 0 radical (unpaired) electrons. The first-order valence-electron chi connectivity index (χ1n) is 6.29. The lowest BCUT2D eigenvalue weighted by Gasteiger charge is -2.06. The lowest BCUT2D eigenvalue weighted by molar-refractivity contribution is -0.115. The molecule has 2 aromatic rings. The van der Waals surface area contributed by atoms with Gasteiger partial charge in [0.05, 0.1) is 5.56 Å². The van der Waals surface area contributed by atoms with Crippen LogP contribution in [-0.4, -0.2) is 32.3 Å². The third kappa shape index (κ3) is 4.35. The first-order chi connectivity index (χ1) is 10.1. The molecule has 6 nitrogen and oxygen atoms in total. The number of imidazole rings is 1. The standard InChI is InChI=1S/C14H15N3O3S/c1-17-7-6-15-14(17)21-8-5-12(18)16-11-4-2-3-10(9-11)13(19)20/h2-4,6-7,9H,5,8H2,1H3,(H,16,18)(H,19,20). The van der Waals surface area contributed by atoms with E-state index in [1.165, 1.54) is 23.9 Å². The van der Waals surface area contributed by atoms with Crippen LogP contribution in [0.3, 0.4) is 0 Å². The number of aromatic carboxylic acids is 1. The number of nitrogens with one attached hydrogen (secondary N) is 1. The topological polar surface area (TPSA) is 84.2 Å². The van der Waals surface area contributed by atoms with Gasteiger partial charge in [0.2, 0.25) is 5.91 Å². The van der Waals surface area contributed by atoms with E-state index >= 15 is 0 Å². The van der Waals surface area contributed by atoms with Crippen molar-refractivity contribution in [2.75, 3.05) is 11.1 Å². The summed E-state index contributed by atoms with van der Waals surface area (Å²) in [5.74, 6) is -0.564. The van der Waals surface area contributed by atoms with Crippen LogP contribution in [0.1, 0.15) is 16.8 Å². The Balaban J connectivity index is 1.83. The van der Waals surface area contributed by atoms with Gasteiger partial charge in [-0.15, -0.1) is 0 Å². The zero-order chi connectivity index (χ0) is 15.2. The van der Waals surface area contributed by atoms with E-state index in [2.05, 4.69) is 10.3 Å². The summed E-state index contributed by atoms with van der Waals surface area (Å²) < 4.78 is 1.89. The summed E-state index contributed by atoms with van der Waals surface area (Å²) in [7, 11) is 1.90. The molecule has 0 saturated heterocycles. The summed E-state index contributed by atoms with van der Waals surface area (Å²) in [5.41, 5.74) is 0.636. The molecule has 0 spiro atoms. The lowest BCUT2D eigenvalue weighted by atomic mass is 10.2. The molecule has 21 heavy (non-hydrogen) atoms. The van der Waals surface area contributed by atoms with Gasteiger partial charge in [-0.25, -0.2) is 9.78 Å². The van der Waals surface area contributed by atoms with Crippen molar-refractivity contribution in [3.8, 4) is 0 Å². The molecular formula is C14H15N3O3S. The summed E-state index contributed by atoms with van der Waals surface area (Å²) in [6.07, 6.45) is 3.88. The van der Waals surface area contributed by atoms with E-state index in [1.54, 1.807) is 18.3 Å². The molecule has 7 heteroatoms. The minimum absolute atomic E-state index is 0.148. The van der Waals surface area contributed by atoms with Gasteiger partial charge in [0.25, 0.3) is 0 Å². The van der Waals surface area contributed by atoms with E-state index < -0.39 is 5.97 Å². The van der Waals surface area contributed by atoms with E-state index in [0.717, 1.165) is 5.16 Å². The second kappa shape index (κ2) is 6.94. The molecule has 2 N–H and O–H groups in total. The molecule has 0 aliphatic heterocycles. The molecule has 1 amide bonds. The highest BCUT2D eigenvalue weighted by Gasteiger charge is 2.07. The summed E-state index contributed by atoms with van der Waals surface area (Å²) in [5, 5.41) is 12.4. The van der Waals surface area contributed by atoms with Crippen LogP contribution in [-0.2, 0) is 11.8 Å². The second-order valence-electron chi connectivity index (χ2n) is 4.35. The number of hydrogen-bond donors (Lipinski definition) is 2. The smallest absolute Gasteiger partial charge is 0.335 e. The number of aromatic nitrogens is 2. The number of benzene rings is 1. The SMILES string of the molecule is Cn1ccnc1SCCC(=O)Nc1cccc(C(=O)O)c1. The maximum atomic E-state index is 11.8. The van der Waals surface area contributed by atoms with Crippen molar-refractivity contribution in [1.29, 1.82) is 0 Å². The Hall–Kier alpha value is -2.28. The summed E-state index contributed by atoms with van der Waals surface area (Å²) in [6.45, 7) is 0. The molecule has 0 aliphatic carbocycles. The fraction of sp³-hybridized carbons (Fsp3) is 0.214. The summed E-state index contributed by atoms with van der Waals surface area (Å²) in [6, 6.07) is 6.18. The van der Waals surface area contributed by atoms with E-state index in [0.29, 0.717) is 17.9 Å². The van der Waals surface area contributed by atoms with Crippen LogP contribution in [0.25, 0.3) is 0 Å². The zero-order valence-electron chi connectivity index (χ0n) is 11.4. The Bertz CT molecular complexity index is 654. The van der Waals surface area contributed by atoms with Crippen molar-refractivity contribution in [2.24, 2.45) is 7.05 Å². The van der Waals surface area contributed by atoms with Gasteiger partial charge in [0.15, 0.2) is 5.16 Å². The number of amides is 1. The Morgan fingerprint density at radius 2 is 2.24 bits per heavy atom. The largest absolute Gasteiger partial charge is 0.478 e. The monoisotopic (exact) mass is 305 g/mol. The number of aryl methyl sites for hydroxylation is 1. The fourth-order valence-corrected chi connectivity index (χ4v) is 2.55. The highest BCUT2D eigenvalue weighted by atomic mass is 32.2. The van der Waals surface area contributed by atoms with Crippen molar-refractivity contribution in [3.05, 3.63) is 42.2 Å². The van der Waals surface area contributed by atoms with Crippen molar-refractivity contribution >= 4 is 29.3 Å². The molecule has 2 rings (SSSR count). The molecule has 0 unspecified atom stereocenters. The average molecular weight is 305 g/mol. The van der Waals surface area contributed by atoms with E-state index in [4.69, 9.17) is 5.11 Å². The van der Waals surface area contributed by atoms with E-state index in [1.807, 2.05) is 17.8 Å². The Morgan fingerprint density at radius 1 is 1.43 bits per heavy atom. The predicted molar refractivity (Wildman–Crippen MR) is 80.6 cm³/mol. The van der Waals surface area contributed by atoms with Crippen LogP contribution in [0, 0.1) is 0 Å². The quantitative estimate of drug-likeness (QED) is 0.800. The zero-order valence-corrected chi connectivity index (χ0v) is 12.3. The summed E-state index contributed by atoms with van der Waals surface area (Å²) >= 11 is 1.50. The number of carbonyl (C=O) groups is 2. The molecule has 0 saturated carbocycles. The van der Waals surface area contributed by atoms with Gasteiger partial charge in [0, 0.05) is 37.3 Å². The number of anilines is 1. The number of hydrogen-bond acceptors (Lipinski definition) is 4. The Kier molecular flexibility index (Phi) is 4.99. The van der Waals surface area contributed by atoms with Crippen LogP contribution < -0.4 is 5.32 Å². The van der Waals surface area contributed by atoms with Gasteiger partial charge in [-0.05, 0) is 18.2 Å². The van der Waals surface area contributed by atoms with Gasteiger partial charge >= 0.3 is 5.97 Å². The normalized spacial score (nSPS) is 10.3. The minimum Gasteiger partial charge on any atom is -0.478 e. The number of carbonyl (C=O) groups excluding carboxylic acids is 1. The van der Waals surface area contributed by atoms with Crippen LogP contribution in [0.2, 0.25) is 0 Å². The molecule has 0 aliphatic rings. The van der Waals surface area contributed by atoms with Crippen molar-refractivity contribution in [2.45, 2.75) is 11.6 Å². The van der Waals surface area contributed by atoms with Crippen LogP contribution in [0.5, 0.6) is 0 Å². The lowest BCUT2D eigenvalue weighted by Crippen LogP contribution is -2.12. The number of rotatable bonds is 6. The highest BCUT2D eigenvalue weighted by Crippen LogP contribution is 2.16. The van der Waals surface area contributed by atoms with Crippen molar-refractivity contribution < 1.29 is 14.7 Å². The minimum atomic E-state index is -1.02. The average Bonchev–Trinajstić information content (AvgIpc) is 2.85. The fourth-order valence-electron chi connectivity index (χ4n) is 1.68. The molecular weight excluding hydrogens is 290 g/mol. The van der Waals surface area contributed by atoms with Gasteiger partial charge in [-0.3, -0.25) is 4.79 Å². The molecule has 1 heterocycles.